The smallest absolute Gasteiger partial charge is 0.407 e. The third-order valence-electron chi connectivity index (χ3n) is 4.32. The molecule has 0 unspecified atom stereocenters. The van der Waals surface area contributed by atoms with Crippen LogP contribution in [0.1, 0.15) is 16.7 Å². The van der Waals surface area contributed by atoms with Crippen molar-refractivity contribution >= 4 is 6.09 Å². The van der Waals surface area contributed by atoms with Crippen molar-refractivity contribution in [2.24, 2.45) is 5.73 Å². The first-order chi connectivity index (χ1) is 13.2. The Hall–Kier alpha value is -3.11. The predicted octanol–water partition coefficient (Wildman–Crippen LogP) is 4.28. The number of nitrogens with two attached hydrogens (primary N) is 1. The highest BCUT2D eigenvalue weighted by Crippen LogP contribution is 2.21. The molecule has 0 heterocycles. The summed E-state index contributed by atoms with van der Waals surface area (Å²) < 4.78 is 5.22. The predicted molar refractivity (Wildman–Crippen MR) is 108 cm³/mol. The maximum atomic E-state index is 11.8. The molecule has 0 fully saturated rings. The second-order valence-corrected chi connectivity index (χ2v) is 6.34. The van der Waals surface area contributed by atoms with Crippen LogP contribution >= 0.6 is 0 Å². The largest absolute Gasteiger partial charge is 0.445 e. The third-order valence-corrected chi connectivity index (χ3v) is 4.32. The molecule has 3 rings (SSSR count). The fraction of sp³-hybridized carbons (Fsp3) is 0.174. The maximum absolute atomic E-state index is 11.8. The minimum absolute atomic E-state index is 0.277. The number of amides is 1. The summed E-state index contributed by atoms with van der Waals surface area (Å²) in [5.74, 6) is 0. The van der Waals surface area contributed by atoms with Gasteiger partial charge in [-0.05, 0) is 40.3 Å². The summed E-state index contributed by atoms with van der Waals surface area (Å²) in [6.07, 6.45) is 0.343. The lowest BCUT2D eigenvalue weighted by Gasteiger charge is -2.09. The molecule has 0 aromatic heterocycles. The minimum Gasteiger partial charge on any atom is -0.445 e. The van der Waals surface area contributed by atoms with Crippen LogP contribution in [-0.4, -0.2) is 12.6 Å². The zero-order chi connectivity index (χ0) is 18.9. The standard InChI is InChI=1S/C23H24N2O2/c24-16-20-9-5-11-22(15-20)21-10-4-8-18(14-21)12-13-25-23(26)27-17-19-6-2-1-3-7-19/h1-11,14-15H,12-13,16-17,24H2,(H,25,26). The normalized spacial score (nSPS) is 10.4. The molecule has 0 aliphatic heterocycles. The summed E-state index contributed by atoms with van der Waals surface area (Å²) >= 11 is 0. The van der Waals surface area contributed by atoms with Crippen molar-refractivity contribution in [1.29, 1.82) is 0 Å². The molecule has 27 heavy (non-hydrogen) atoms. The van der Waals surface area contributed by atoms with E-state index in [0.29, 0.717) is 13.1 Å². The highest BCUT2D eigenvalue weighted by molar-refractivity contribution is 5.67. The Morgan fingerprint density at radius 2 is 1.44 bits per heavy atom. The molecule has 4 nitrogen and oxygen atoms in total. The van der Waals surface area contributed by atoms with Crippen LogP contribution in [0.5, 0.6) is 0 Å². The molecule has 0 saturated heterocycles. The Labute approximate surface area is 160 Å². The number of rotatable bonds is 7. The molecule has 3 N–H and O–H groups in total. The molecule has 3 aromatic carbocycles. The van der Waals surface area contributed by atoms with Crippen LogP contribution in [0.25, 0.3) is 11.1 Å². The van der Waals surface area contributed by atoms with Gasteiger partial charge < -0.3 is 15.8 Å². The third kappa shape index (κ3) is 5.69. The average Bonchev–Trinajstić information content (AvgIpc) is 2.73. The first-order valence-electron chi connectivity index (χ1n) is 9.07. The van der Waals surface area contributed by atoms with Gasteiger partial charge in [0.2, 0.25) is 0 Å². The second kappa shape index (κ2) is 9.55. The van der Waals surface area contributed by atoms with Crippen LogP contribution in [0.3, 0.4) is 0 Å². The van der Waals surface area contributed by atoms with Crippen molar-refractivity contribution in [2.75, 3.05) is 6.54 Å². The number of carbonyl (C=O) groups excluding carboxylic acids is 1. The molecule has 138 valence electrons. The van der Waals surface area contributed by atoms with Gasteiger partial charge in [-0.1, -0.05) is 72.8 Å². The maximum Gasteiger partial charge on any atom is 0.407 e. The van der Waals surface area contributed by atoms with E-state index in [1.54, 1.807) is 0 Å². The van der Waals surface area contributed by atoms with E-state index >= 15 is 0 Å². The summed E-state index contributed by atoms with van der Waals surface area (Å²) in [6, 6.07) is 26.2. The van der Waals surface area contributed by atoms with Crippen LogP contribution in [0.2, 0.25) is 0 Å². The van der Waals surface area contributed by atoms with E-state index in [2.05, 4.69) is 35.6 Å². The lowest BCUT2D eigenvalue weighted by molar-refractivity contribution is 0.140. The van der Waals surface area contributed by atoms with Gasteiger partial charge in [0.1, 0.15) is 6.61 Å². The highest BCUT2D eigenvalue weighted by atomic mass is 16.5. The molecule has 3 aromatic rings. The molecule has 1 amide bonds. The number of carbonyl (C=O) groups is 1. The Morgan fingerprint density at radius 1 is 0.815 bits per heavy atom. The molecule has 0 spiro atoms. The molecule has 0 saturated carbocycles. The molecule has 0 radical (unpaired) electrons. The number of alkyl carbamates (subject to hydrolysis) is 1. The number of nitrogens with one attached hydrogen (secondary N) is 1. The van der Waals surface area contributed by atoms with E-state index in [-0.39, 0.29) is 6.61 Å². The number of ether oxygens (including phenoxy) is 1. The van der Waals surface area contributed by atoms with Crippen molar-refractivity contribution < 1.29 is 9.53 Å². The Balaban J connectivity index is 1.50. The van der Waals surface area contributed by atoms with E-state index in [1.807, 2.05) is 48.5 Å². The summed E-state index contributed by atoms with van der Waals surface area (Å²) in [6.45, 7) is 1.34. The van der Waals surface area contributed by atoms with Gasteiger partial charge in [-0.25, -0.2) is 4.79 Å². The minimum atomic E-state index is -0.398. The summed E-state index contributed by atoms with van der Waals surface area (Å²) in [5, 5.41) is 2.80. The number of benzene rings is 3. The van der Waals surface area contributed by atoms with Crippen molar-refractivity contribution in [3.8, 4) is 11.1 Å². The Kier molecular flexibility index (Phi) is 6.61. The van der Waals surface area contributed by atoms with Gasteiger partial charge in [0, 0.05) is 13.1 Å². The SMILES string of the molecule is NCc1cccc(-c2cccc(CCNC(=O)OCc3ccccc3)c2)c1. The lowest BCUT2D eigenvalue weighted by atomic mass is 10.00. The molecule has 0 aliphatic carbocycles. The van der Waals surface area contributed by atoms with Crippen LogP contribution in [0.15, 0.2) is 78.9 Å². The van der Waals surface area contributed by atoms with E-state index in [4.69, 9.17) is 10.5 Å². The van der Waals surface area contributed by atoms with E-state index in [0.717, 1.165) is 34.2 Å². The second-order valence-electron chi connectivity index (χ2n) is 6.34. The molecule has 0 atom stereocenters. The molecule has 0 aliphatic rings. The van der Waals surface area contributed by atoms with Crippen LogP contribution in [0, 0.1) is 0 Å². The summed E-state index contributed by atoms with van der Waals surface area (Å²) in [4.78, 5) is 11.8. The average molecular weight is 360 g/mol. The van der Waals surface area contributed by atoms with E-state index in [1.165, 1.54) is 0 Å². The molecule has 4 heteroatoms. The fourth-order valence-corrected chi connectivity index (χ4v) is 2.87. The van der Waals surface area contributed by atoms with Crippen molar-refractivity contribution in [3.05, 3.63) is 95.6 Å². The first kappa shape index (κ1) is 18.7. The zero-order valence-corrected chi connectivity index (χ0v) is 15.2. The molecular weight excluding hydrogens is 336 g/mol. The van der Waals surface area contributed by atoms with E-state index < -0.39 is 6.09 Å². The Morgan fingerprint density at radius 3 is 2.15 bits per heavy atom. The molecular formula is C23H24N2O2. The number of hydrogen-bond acceptors (Lipinski definition) is 3. The topological polar surface area (TPSA) is 64.3 Å². The van der Waals surface area contributed by atoms with Crippen molar-refractivity contribution in [2.45, 2.75) is 19.6 Å². The van der Waals surface area contributed by atoms with Crippen LogP contribution in [-0.2, 0) is 24.3 Å². The summed E-state index contributed by atoms with van der Waals surface area (Å²) in [7, 11) is 0. The summed E-state index contributed by atoms with van der Waals surface area (Å²) in [5.41, 5.74) is 11.3. The monoisotopic (exact) mass is 360 g/mol. The van der Waals surface area contributed by atoms with Gasteiger partial charge >= 0.3 is 6.09 Å². The quantitative estimate of drug-likeness (QED) is 0.661. The van der Waals surface area contributed by atoms with Gasteiger partial charge in [0.25, 0.3) is 0 Å². The van der Waals surface area contributed by atoms with Crippen LogP contribution < -0.4 is 11.1 Å². The Bertz CT molecular complexity index is 878. The van der Waals surface area contributed by atoms with Gasteiger partial charge in [-0.3, -0.25) is 0 Å². The number of hydrogen-bond donors (Lipinski definition) is 2. The molecule has 0 bridgehead atoms. The van der Waals surface area contributed by atoms with E-state index in [9.17, 15) is 4.79 Å². The van der Waals surface area contributed by atoms with Gasteiger partial charge in [-0.15, -0.1) is 0 Å². The van der Waals surface area contributed by atoms with Crippen LogP contribution in [0.4, 0.5) is 4.79 Å². The van der Waals surface area contributed by atoms with Crippen molar-refractivity contribution in [3.63, 3.8) is 0 Å². The van der Waals surface area contributed by atoms with Crippen molar-refractivity contribution in [1.82, 2.24) is 5.32 Å². The first-order valence-corrected chi connectivity index (χ1v) is 9.07. The lowest BCUT2D eigenvalue weighted by Crippen LogP contribution is -2.26. The fourth-order valence-electron chi connectivity index (χ4n) is 2.87. The highest BCUT2D eigenvalue weighted by Gasteiger charge is 2.04. The van der Waals surface area contributed by atoms with Gasteiger partial charge in [0.15, 0.2) is 0 Å². The zero-order valence-electron chi connectivity index (χ0n) is 15.2. The van der Waals surface area contributed by atoms with Gasteiger partial charge in [-0.2, -0.15) is 0 Å². The van der Waals surface area contributed by atoms with Gasteiger partial charge in [0.05, 0.1) is 0 Å².